The SMILES string of the molecule is CNC(=O)COCc1ccc(C)cc1. The fourth-order valence-electron chi connectivity index (χ4n) is 1.02. The van der Waals surface area contributed by atoms with Crippen LogP contribution in [0.3, 0.4) is 0 Å². The highest BCUT2D eigenvalue weighted by Gasteiger charge is 1.97. The zero-order valence-corrected chi connectivity index (χ0v) is 8.54. The van der Waals surface area contributed by atoms with Crippen LogP contribution in [0.25, 0.3) is 0 Å². The number of benzene rings is 1. The molecular weight excluding hydrogens is 178 g/mol. The van der Waals surface area contributed by atoms with Gasteiger partial charge in [0.05, 0.1) is 6.61 Å². The molecule has 0 fully saturated rings. The van der Waals surface area contributed by atoms with E-state index in [0.717, 1.165) is 5.56 Å². The molecular formula is C11H15NO2. The number of ether oxygens (including phenoxy) is 1. The number of hydrogen-bond acceptors (Lipinski definition) is 2. The third-order valence-electron chi connectivity index (χ3n) is 1.90. The van der Waals surface area contributed by atoms with Crippen LogP contribution in [0.2, 0.25) is 0 Å². The fourth-order valence-corrected chi connectivity index (χ4v) is 1.02. The van der Waals surface area contributed by atoms with Gasteiger partial charge in [-0.05, 0) is 12.5 Å². The predicted molar refractivity (Wildman–Crippen MR) is 54.9 cm³/mol. The summed E-state index contributed by atoms with van der Waals surface area (Å²) in [7, 11) is 1.59. The smallest absolute Gasteiger partial charge is 0.245 e. The molecule has 0 aliphatic rings. The van der Waals surface area contributed by atoms with Gasteiger partial charge in [0.2, 0.25) is 5.91 Å². The monoisotopic (exact) mass is 193 g/mol. The summed E-state index contributed by atoms with van der Waals surface area (Å²) in [5, 5.41) is 2.50. The summed E-state index contributed by atoms with van der Waals surface area (Å²) in [5.41, 5.74) is 2.31. The van der Waals surface area contributed by atoms with Crippen molar-refractivity contribution in [3.63, 3.8) is 0 Å². The molecule has 76 valence electrons. The van der Waals surface area contributed by atoms with Gasteiger partial charge in [-0.2, -0.15) is 0 Å². The number of aryl methyl sites for hydroxylation is 1. The maximum atomic E-state index is 10.8. The van der Waals surface area contributed by atoms with Crippen LogP contribution in [0, 0.1) is 6.92 Å². The van der Waals surface area contributed by atoms with Crippen molar-refractivity contribution < 1.29 is 9.53 Å². The largest absolute Gasteiger partial charge is 0.367 e. The molecule has 0 unspecified atom stereocenters. The van der Waals surface area contributed by atoms with Crippen molar-refractivity contribution in [3.8, 4) is 0 Å². The van der Waals surface area contributed by atoms with E-state index in [9.17, 15) is 4.79 Å². The van der Waals surface area contributed by atoms with E-state index in [0.29, 0.717) is 6.61 Å². The van der Waals surface area contributed by atoms with E-state index >= 15 is 0 Å². The minimum Gasteiger partial charge on any atom is -0.367 e. The van der Waals surface area contributed by atoms with Crippen molar-refractivity contribution in [2.75, 3.05) is 13.7 Å². The number of nitrogens with one attached hydrogen (secondary N) is 1. The number of carbonyl (C=O) groups excluding carboxylic acids is 1. The lowest BCUT2D eigenvalue weighted by molar-refractivity contribution is -0.125. The first-order chi connectivity index (χ1) is 6.72. The highest BCUT2D eigenvalue weighted by Crippen LogP contribution is 2.03. The Labute approximate surface area is 84.1 Å². The summed E-state index contributed by atoms with van der Waals surface area (Å²) in [6.07, 6.45) is 0. The molecule has 0 saturated heterocycles. The Kier molecular flexibility index (Phi) is 4.13. The Morgan fingerprint density at radius 1 is 1.36 bits per heavy atom. The second-order valence-electron chi connectivity index (χ2n) is 3.15. The highest BCUT2D eigenvalue weighted by atomic mass is 16.5. The van der Waals surface area contributed by atoms with Gasteiger partial charge in [-0.15, -0.1) is 0 Å². The first kappa shape index (κ1) is 10.7. The molecule has 14 heavy (non-hydrogen) atoms. The van der Waals surface area contributed by atoms with E-state index in [-0.39, 0.29) is 12.5 Å². The lowest BCUT2D eigenvalue weighted by atomic mass is 10.2. The molecule has 0 bridgehead atoms. The van der Waals surface area contributed by atoms with Gasteiger partial charge in [-0.1, -0.05) is 29.8 Å². The quantitative estimate of drug-likeness (QED) is 0.781. The molecule has 1 aromatic carbocycles. The Bertz CT molecular complexity index is 293. The maximum absolute atomic E-state index is 10.8. The first-order valence-corrected chi connectivity index (χ1v) is 4.56. The second-order valence-corrected chi connectivity index (χ2v) is 3.15. The molecule has 0 heterocycles. The molecule has 3 nitrogen and oxygen atoms in total. The summed E-state index contributed by atoms with van der Waals surface area (Å²) >= 11 is 0. The van der Waals surface area contributed by atoms with Crippen LogP contribution < -0.4 is 5.32 Å². The van der Waals surface area contributed by atoms with Crippen molar-refractivity contribution in [1.82, 2.24) is 5.32 Å². The molecule has 0 spiro atoms. The van der Waals surface area contributed by atoms with Gasteiger partial charge in [-0.3, -0.25) is 4.79 Å². The van der Waals surface area contributed by atoms with E-state index in [4.69, 9.17) is 4.74 Å². The summed E-state index contributed by atoms with van der Waals surface area (Å²) in [4.78, 5) is 10.8. The number of carbonyl (C=O) groups is 1. The van der Waals surface area contributed by atoms with Crippen LogP contribution in [-0.2, 0) is 16.1 Å². The third-order valence-corrected chi connectivity index (χ3v) is 1.90. The van der Waals surface area contributed by atoms with Crippen molar-refractivity contribution in [3.05, 3.63) is 35.4 Å². The standard InChI is InChI=1S/C11H15NO2/c1-9-3-5-10(6-4-9)7-14-8-11(13)12-2/h3-6H,7-8H2,1-2H3,(H,12,13). The molecule has 0 aromatic heterocycles. The van der Waals surface area contributed by atoms with E-state index in [1.165, 1.54) is 5.56 Å². The van der Waals surface area contributed by atoms with Crippen LogP contribution in [0.15, 0.2) is 24.3 Å². The lowest BCUT2D eigenvalue weighted by Gasteiger charge is -2.03. The van der Waals surface area contributed by atoms with Crippen molar-refractivity contribution >= 4 is 5.91 Å². The number of hydrogen-bond donors (Lipinski definition) is 1. The molecule has 1 N–H and O–H groups in total. The van der Waals surface area contributed by atoms with Crippen LogP contribution >= 0.6 is 0 Å². The van der Waals surface area contributed by atoms with Crippen LogP contribution in [-0.4, -0.2) is 19.6 Å². The maximum Gasteiger partial charge on any atom is 0.245 e. The highest BCUT2D eigenvalue weighted by molar-refractivity contribution is 5.76. The van der Waals surface area contributed by atoms with Gasteiger partial charge in [0.1, 0.15) is 6.61 Å². The van der Waals surface area contributed by atoms with Gasteiger partial charge < -0.3 is 10.1 Å². The van der Waals surface area contributed by atoms with Gasteiger partial charge in [0.25, 0.3) is 0 Å². The van der Waals surface area contributed by atoms with Crippen molar-refractivity contribution in [2.24, 2.45) is 0 Å². The van der Waals surface area contributed by atoms with Gasteiger partial charge >= 0.3 is 0 Å². The summed E-state index contributed by atoms with van der Waals surface area (Å²) < 4.78 is 5.20. The minimum atomic E-state index is -0.0999. The number of rotatable bonds is 4. The number of amides is 1. The Morgan fingerprint density at radius 2 is 2.00 bits per heavy atom. The van der Waals surface area contributed by atoms with Gasteiger partial charge in [-0.25, -0.2) is 0 Å². The molecule has 3 heteroatoms. The average molecular weight is 193 g/mol. The molecule has 0 radical (unpaired) electrons. The van der Waals surface area contributed by atoms with Gasteiger partial charge in [0.15, 0.2) is 0 Å². The van der Waals surface area contributed by atoms with E-state index in [1.807, 2.05) is 31.2 Å². The van der Waals surface area contributed by atoms with E-state index < -0.39 is 0 Å². The molecule has 0 aliphatic heterocycles. The zero-order chi connectivity index (χ0) is 10.4. The predicted octanol–water partition coefficient (Wildman–Crippen LogP) is 1.26. The minimum absolute atomic E-state index is 0.0999. The first-order valence-electron chi connectivity index (χ1n) is 4.56. The van der Waals surface area contributed by atoms with Crippen molar-refractivity contribution in [2.45, 2.75) is 13.5 Å². The summed E-state index contributed by atoms with van der Waals surface area (Å²) in [5.74, 6) is -0.0999. The zero-order valence-electron chi connectivity index (χ0n) is 8.54. The number of likely N-dealkylation sites (N-methyl/N-ethyl adjacent to an activating group) is 1. The lowest BCUT2D eigenvalue weighted by Crippen LogP contribution is -2.23. The summed E-state index contributed by atoms with van der Waals surface area (Å²) in [6, 6.07) is 8.05. The van der Waals surface area contributed by atoms with E-state index in [2.05, 4.69) is 5.32 Å². The topological polar surface area (TPSA) is 38.3 Å². The van der Waals surface area contributed by atoms with Crippen LogP contribution in [0.5, 0.6) is 0 Å². The van der Waals surface area contributed by atoms with Crippen LogP contribution in [0.1, 0.15) is 11.1 Å². The fraction of sp³-hybridized carbons (Fsp3) is 0.364. The molecule has 0 saturated carbocycles. The normalized spacial score (nSPS) is 9.86. The third kappa shape index (κ3) is 3.58. The molecule has 1 aromatic rings. The Balaban J connectivity index is 2.31. The molecule has 0 aliphatic carbocycles. The van der Waals surface area contributed by atoms with Crippen molar-refractivity contribution in [1.29, 1.82) is 0 Å². The second kappa shape index (κ2) is 5.40. The molecule has 0 atom stereocenters. The molecule has 1 rings (SSSR count). The molecule has 1 amide bonds. The Morgan fingerprint density at radius 3 is 2.57 bits per heavy atom. The average Bonchev–Trinajstić information content (AvgIpc) is 2.21. The van der Waals surface area contributed by atoms with Crippen LogP contribution in [0.4, 0.5) is 0 Å². The Hall–Kier alpha value is -1.35. The van der Waals surface area contributed by atoms with E-state index in [1.54, 1.807) is 7.05 Å². The van der Waals surface area contributed by atoms with Gasteiger partial charge in [0, 0.05) is 7.05 Å². The summed E-state index contributed by atoms with van der Waals surface area (Å²) in [6.45, 7) is 2.63.